The Bertz CT molecular complexity index is 335. The summed E-state index contributed by atoms with van der Waals surface area (Å²) in [6.07, 6.45) is 0. The van der Waals surface area contributed by atoms with Crippen LogP contribution in [0.5, 0.6) is 0 Å². The van der Waals surface area contributed by atoms with Crippen molar-refractivity contribution < 1.29 is 4.74 Å². The quantitative estimate of drug-likeness (QED) is 0.617. The first-order valence-electron chi connectivity index (χ1n) is 3.79. The molecule has 12 heavy (non-hydrogen) atoms. The van der Waals surface area contributed by atoms with Crippen molar-refractivity contribution in [1.82, 2.24) is 0 Å². The predicted octanol–water partition coefficient (Wildman–Crippen LogP) is 2.22. The molecule has 1 N–H and O–H groups in total. The number of thiocarbonyl (C=S) groups is 1. The summed E-state index contributed by atoms with van der Waals surface area (Å²) in [5, 5.41) is 3.51. The van der Waals surface area contributed by atoms with E-state index in [0.717, 1.165) is 5.69 Å². The van der Waals surface area contributed by atoms with E-state index in [1.165, 1.54) is 11.1 Å². The lowest BCUT2D eigenvalue weighted by molar-refractivity contribution is 0.294. The number of hydrogen-bond donors (Lipinski definition) is 1. The Hall–Kier alpha value is -1.09. The van der Waals surface area contributed by atoms with Crippen LogP contribution in [-0.2, 0) is 11.3 Å². The van der Waals surface area contributed by atoms with Crippen LogP contribution < -0.4 is 5.32 Å². The second-order valence-electron chi connectivity index (χ2n) is 2.81. The molecule has 1 aromatic carbocycles. The molecule has 0 saturated carbocycles. The van der Waals surface area contributed by atoms with Gasteiger partial charge in [0.15, 0.2) is 0 Å². The number of anilines is 1. The Balaban J connectivity index is 2.50. The van der Waals surface area contributed by atoms with Gasteiger partial charge in [0.2, 0.25) is 0 Å². The zero-order valence-corrected chi connectivity index (χ0v) is 7.57. The number of aryl methyl sites for hydroxylation is 1. The van der Waals surface area contributed by atoms with Crippen LogP contribution in [0.1, 0.15) is 11.1 Å². The minimum atomic E-state index is 0.469. The summed E-state index contributed by atoms with van der Waals surface area (Å²) < 4.78 is 5.18. The van der Waals surface area contributed by atoms with Gasteiger partial charge in [0, 0.05) is 5.56 Å². The molecule has 0 aromatic heterocycles. The molecule has 0 atom stereocenters. The van der Waals surface area contributed by atoms with Gasteiger partial charge in [-0.2, -0.15) is 0 Å². The van der Waals surface area contributed by atoms with Crippen LogP contribution in [-0.4, -0.2) is 5.17 Å². The van der Waals surface area contributed by atoms with Crippen LogP contribution in [0.2, 0.25) is 0 Å². The first kappa shape index (κ1) is 7.55. The van der Waals surface area contributed by atoms with Crippen LogP contribution in [0.15, 0.2) is 18.2 Å². The minimum Gasteiger partial charge on any atom is -0.466 e. The summed E-state index contributed by atoms with van der Waals surface area (Å²) in [6.45, 7) is 2.64. The Morgan fingerprint density at radius 2 is 2.33 bits per heavy atom. The monoisotopic (exact) mass is 179 g/mol. The number of ether oxygens (including phenoxy) is 1. The molecule has 0 aliphatic carbocycles. The highest BCUT2D eigenvalue weighted by Crippen LogP contribution is 2.24. The molecule has 62 valence electrons. The van der Waals surface area contributed by atoms with E-state index in [4.69, 9.17) is 17.0 Å². The fourth-order valence-electron chi connectivity index (χ4n) is 1.31. The van der Waals surface area contributed by atoms with E-state index >= 15 is 0 Å². The standard InChI is InChI=1S/C9H9NOS/c1-6-3-2-4-7-5-11-9(12)10-8(6)7/h2-4H,5H2,1H3,(H,10,12). The molecule has 0 fully saturated rings. The highest BCUT2D eigenvalue weighted by molar-refractivity contribution is 7.80. The minimum absolute atomic E-state index is 0.469. The molecule has 0 spiro atoms. The maximum absolute atomic E-state index is 5.18. The molecule has 2 nitrogen and oxygen atoms in total. The van der Waals surface area contributed by atoms with Crippen LogP contribution in [0.3, 0.4) is 0 Å². The first-order valence-corrected chi connectivity index (χ1v) is 4.20. The van der Waals surface area contributed by atoms with Crippen molar-refractivity contribution in [3.8, 4) is 0 Å². The zero-order valence-electron chi connectivity index (χ0n) is 6.76. The van der Waals surface area contributed by atoms with Gasteiger partial charge in [-0.05, 0) is 24.7 Å². The maximum Gasteiger partial charge on any atom is 0.261 e. The Labute approximate surface area is 76.5 Å². The normalized spacial score (nSPS) is 14.6. The van der Waals surface area contributed by atoms with Crippen molar-refractivity contribution in [1.29, 1.82) is 0 Å². The van der Waals surface area contributed by atoms with E-state index in [1.807, 2.05) is 12.1 Å². The molecular formula is C9H9NOS. The number of para-hydroxylation sites is 1. The zero-order chi connectivity index (χ0) is 8.55. The van der Waals surface area contributed by atoms with Crippen LogP contribution >= 0.6 is 12.2 Å². The lowest BCUT2D eigenvalue weighted by Crippen LogP contribution is -2.20. The third kappa shape index (κ3) is 1.16. The van der Waals surface area contributed by atoms with Gasteiger partial charge in [-0.1, -0.05) is 18.2 Å². The van der Waals surface area contributed by atoms with E-state index in [9.17, 15) is 0 Å². The molecule has 1 aromatic rings. The van der Waals surface area contributed by atoms with Crippen molar-refractivity contribution in [2.75, 3.05) is 5.32 Å². The molecule has 1 aliphatic rings. The topological polar surface area (TPSA) is 21.3 Å². The summed E-state index contributed by atoms with van der Waals surface area (Å²) in [5.74, 6) is 0. The molecule has 0 radical (unpaired) electrons. The molecule has 1 aliphatic heterocycles. The van der Waals surface area contributed by atoms with Crippen LogP contribution in [0, 0.1) is 6.92 Å². The van der Waals surface area contributed by atoms with E-state index in [0.29, 0.717) is 11.8 Å². The van der Waals surface area contributed by atoms with Gasteiger partial charge in [0.25, 0.3) is 5.17 Å². The molecule has 0 bridgehead atoms. The lowest BCUT2D eigenvalue weighted by atomic mass is 10.1. The fourth-order valence-corrected chi connectivity index (χ4v) is 1.47. The van der Waals surface area contributed by atoms with E-state index in [2.05, 4.69) is 18.3 Å². The third-order valence-electron chi connectivity index (χ3n) is 1.94. The Kier molecular flexibility index (Phi) is 1.73. The second kappa shape index (κ2) is 2.75. The van der Waals surface area contributed by atoms with Gasteiger partial charge >= 0.3 is 0 Å². The summed E-state index contributed by atoms with van der Waals surface area (Å²) in [7, 11) is 0. The average Bonchev–Trinajstić information content (AvgIpc) is 2.07. The van der Waals surface area contributed by atoms with Gasteiger partial charge in [-0.25, -0.2) is 0 Å². The highest BCUT2D eigenvalue weighted by atomic mass is 32.1. The molecule has 3 heteroatoms. The van der Waals surface area contributed by atoms with Gasteiger partial charge in [-0.15, -0.1) is 0 Å². The number of rotatable bonds is 0. The van der Waals surface area contributed by atoms with E-state index < -0.39 is 0 Å². The van der Waals surface area contributed by atoms with E-state index in [-0.39, 0.29) is 0 Å². The van der Waals surface area contributed by atoms with Crippen molar-refractivity contribution in [3.63, 3.8) is 0 Å². The number of nitrogens with one attached hydrogen (secondary N) is 1. The van der Waals surface area contributed by atoms with Crippen molar-refractivity contribution in [2.45, 2.75) is 13.5 Å². The molecule has 2 rings (SSSR count). The number of benzene rings is 1. The molecular weight excluding hydrogens is 170 g/mol. The SMILES string of the molecule is Cc1cccc2c1NC(=S)OC2. The summed E-state index contributed by atoms with van der Waals surface area (Å²) in [4.78, 5) is 0. The average molecular weight is 179 g/mol. The fraction of sp³-hybridized carbons (Fsp3) is 0.222. The molecule has 0 saturated heterocycles. The van der Waals surface area contributed by atoms with Gasteiger partial charge in [0.05, 0.1) is 5.69 Å². The lowest BCUT2D eigenvalue weighted by Gasteiger charge is -2.20. The highest BCUT2D eigenvalue weighted by Gasteiger charge is 2.13. The van der Waals surface area contributed by atoms with E-state index in [1.54, 1.807) is 0 Å². The van der Waals surface area contributed by atoms with Crippen LogP contribution in [0.4, 0.5) is 5.69 Å². The molecule has 0 amide bonds. The summed E-state index contributed by atoms with van der Waals surface area (Å²) >= 11 is 4.91. The van der Waals surface area contributed by atoms with Gasteiger partial charge in [0.1, 0.15) is 6.61 Å². The predicted molar refractivity (Wildman–Crippen MR) is 52.2 cm³/mol. The Morgan fingerprint density at radius 1 is 1.50 bits per heavy atom. The smallest absolute Gasteiger partial charge is 0.261 e. The summed E-state index contributed by atoms with van der Waals surface area (Å²) in [6, 6.07) is 6.12. The first-order chi connectivity index (χ1) is 5.77. The number of fused-ring (bicyclic) bond motifs is 1. The second-order valence-corrected chi connectivity index (χ2v) is 3.18. The largest absolute Gasteiger partial charge is 0.466 e. The summed E-state index contributed by atoms with van der Waals surface area (Å²) in [5.41, 5.74) is 3.48. The molecule has 1 heterocycles. The van der Waals surface area contributed by atoms with Crippen LogP contribution in [0.25, 0.3) is 0 Å². The number of hydrogen-bond acceptors (Lipinski definition) is 2. The molecule has 0 unspecified atom stereocenters. The van der Waals surface area contributed by atoms with Crippen molar-refractivity contribution in [2.24, 2.45) is 0 Å². The third-order valence-corrected chi connectivity index (χ3v) is 2.16. The Morgan fingerprint density at radius 3 is 3.17 bits per heavy atom. The van der Waals surface area contributed by atoms with Crippen molar-refractivity contribution >= 4 is 23.1 Å². The van der Waals surface area contributed by atoms with Crippen molar-refractivity contribution in [3.05, 3.63) is 29.3 Å². The van der Waals surface area contributed by atoms with Gasteiger partial charge in [-0.3, -0.25) is 0 Å². The van der Waals surface area contributed by atoms with Gasteiger partial charge < -0.3 is 10.1 Å². The maximum atomic E-state index is 5.18.